The van der Waals surface area contributed by atoms with Crippen LogP contribution in [0.1, 0.15) is 12.8 Å². The molecule has 0 saturated heterocycles. The monoisotopic (exact) mass is 604 g/mol. The van der Waals surface area contributed by atoms with E-state index in [1.165, 1.54) is 0 Å². The third-order valence-electron chi connectivity index (χ3n) is 4.38. The molecule has 222 valence electrons. The molecule has 0 amide bonds. The van der Waals surface area contributed by atoms with Crippen LogP contribution in [0.5, 0.6) is 0 Å². The van der Waals surface area contributed by atoms with Crippen LogP contribution in [-0.2, 0) is 0 Å². The third kappa shape index (κ3) is 5.26. The molecule has 0 unspecified atom stereocenters. The van der Waals surface area contributed by atoms with Crippen LogP contribution in [0.2, 0.25) is 0 Å². The first kappa shape index (κ1) is 35.2. The Bertz CT molecular complexity index is 820. The van der Waals surface area contributed by atoms with Gasteiger partial charge in [0.25, 0.3) is 0 Å². The maximum absolute atomic E-state index is 13.5. The van der Waals surface area contributed by atoms with E-state index in [1.807, 2.05) is 0 Å². The number of halogens is 21. The van der Waals surface area contributed by atoms with Gasteiger partial charge in [-0.2, -0.15) is 92.2 Å². The van der Waals surface area contributed by atoms with Crippen LogP contribution >= 0.6 is 0 Å². The van der Waals surface area contributed by atoms with Crippen LogP contribution in [0.25, 0.3) is 0 Å². The summed E-state index contributed by atoms with van der Waals surface area (Å²) in [5, 5.41) is 8.21. The van der Waals surface area contributed by atoms with E-state index in [0.717, 1.165) is 0 Å². The molecule has 0 bridgehead atoms. The molecule has 0 spiro atoms. The molecule has 0 aromatic heterocycles. The van der Waals surface area contributed by atoms with Crippen molar-refractivity contribution in [2.45, 2.75) is 72.3 Å². The Kier molecular flexibility index (Phi) is 9.00. The van der Waals surface area contributed by atoms with Crippen molar-refractivity contribution in [2.75, 3.05) is 6.61 Å². The number of aliphatic hydroxyl groups excluding tert-OH is 1. The Balaban J connectivity index is 6.63. The standard InChI is InChI=1S/C15H9F21O/c16-6(17,2-1-5-37)9(22,23)12(28,29)13(30,31)10(24,25)7(18,19)3-4-8(20,21)11(26,27)14(32,33)15(34,35)36/h3-4,37H,1-2,5H2. The minimum absolute atomic E-state index is 1.50. The Hall–Kier alpha value is -1.77. The predicted molar refractivity (Wildman–Crippen MR) is 76.0 cm³/mol. The van der Waals surface area contributed by atoms with Crippen LogP contribution < -0.4 is 0 Å². The molecular weight excluding hydrogens is 595 g/mol. The first-order chi connectivity index (χ1) is 15.8. The van der Waals surface area contributed by atoms with Gasteiger partial charge in [-0.25, -0.2) is 0 Å². The summed E-state index contributed by atoms with van der Waals surface area (Å²) in [6.07, 6.45) is -17.2. The van der Waals surface area contributed by atoms with Crippen molar-refractivity contribution < 1.29 is 97.3 Å². The molecule has 1 N–H and O–H groups in total. The lowest BCUT2D eigenvalue weighted by atomic mass is 9.89. The van der Waals surface area contributed by atoms with Gasteiger partial charge in [0.1, 0.15) is 0 Å². The van der Waals surface area contributed by atoms with Gasteiger partial charge in [-0.3, -0.25) is 0 Å². The largest absolute Gasteiger partial charge is 0.460 e. The van der Waals surface area contributed by atoms with Crippen molar-refractivity contribution >= 4 is 0 Å². The molecule has 1 nitrogen and oxygen atoms in total. The summed E-state index contributed by atoms with van der Waals surface area (Å²) >= 11 is 0. The van der Waals surface area contributed by atoms with Crippen molar-refractivity contribution in [2.24, 2.45) is 0 Å². The number of hydrogen-bond donors (Lipinski definition) is 1. The smallest absolute Gasteiger partial charge is 0.396 e. The van der Waals surface area contributed by atoms with Crippen molar-refractivity contribution in [1.82, 2.24) is 0 Å². The first-order valence-corrected chi connectivity index (χ1v) is 8.55. The Morgan fingerprint density at radius 1 is 0.405 bits per heavy atom. The fraction of sp³-hybridized carbons (Fsp3) is 0.867. The van der Waals surface area contributed by atoms with Gasteiger partial charge in [0.05, 0.1) is 0 Å². The zero-order valence-electron chi connectivity index (χ0n) is 16.7. The number of hydrogen-bond acceptors (Lipinski definition) is 1. The van der Waals surface area contributed by atoms with Crippen LogP contribution in [0.4, 0.5) is 92.2 Å². The van der Waals surface area contributed by atoms with Gasteiger partial charge in [0.15, 0.2) is 0 Å². The number of rotatable bonds is 12. The van der Waals surface area contributed by atoms with E-state index in [4.69, 9.17) is 5.11 Å². The lowest BCUT2D eigenvalue weighted by Crippen LogP contribution is -2.70. The molecule has 0 aromatic carbocycles. The van der Waals surface area contributed by atoms with Crippen molar-refractivity contribution in [3.05, 3.63) is 12.2 Å². The highest BCUT2D eigenvalue weighted by Gasteiger charge is 2.89. The molecular formula is C15H9F21O. The number of alkyl halides is 21. The zero-order chi connectivity index (χ0) is 30.5. The van der Waals surface area contributed by atoms with E-state index in [2.05, 4.69) is 0 Å². The highest BCUT2D eigenvalue weighted by molar-refractivity contribution is 5.19. The quantitative estimate of drug-likeness (QED) is 0.180. The van der Waals surface area contributed by atoms with Gasteiger partial charge >= 0.3 is 59.5 Å². The van der Waals surface area contributed by atoms with Crippen molar-refractivity contribution in [3.8, 4) is 0 Å². The maximum atomic E-state index is 13.5. The Morgan fingerprint density at radius 2 is 0.703 bits per heavy atom. The highest BCUT2D eigenvalue weighted by atomic mass is 19.4. The summed E-state index contributed by atoms with van der Waals surface area (Å²) in [7, 11) is 0. The molecule has 0 saturated carbocycles. The lowest BCUT2D eigenvalue weighted by Gasteiger charge is -2.41. The predicted octanol–water partition coefficient (Wildman–Crippen LogP) is 7.60. The van der Waals surface area contributed by atoms with E-state index in [9.17, 15) is 92.2 Å². The molecule has 0 rings (SSSR count). The average molecular weight is 604 g/mol. The summed E-state index contributed by atoms with van der Waals surface area (Å²) in [6, 6.07) is 0. The molecule has 0 aromatic rings. The third-order valence-corrected chi connectivity index (χ3v) is 4.38. The van der Waals surface area contributed by atoms with Crippen molar-refractivity contribution in [3.63, 3.8) is 0 Å². The molecule has 22 heteroatoms. The van der Waals surface area contributed by atoms with Gasteiger partial charge in [-0.05, 0) is 18.6 Å². The number of aliphatic hydroxyl groups is 1. The molecule has 0 aliphatic heterocycles. The minimum Gasteiger partial charge on any atom is -0.396 e. The zero-order valence-corrected chi connectivity index (χ0v) is 16.7. The summed E-state index contributed by atoms with van der Waals surface area (Å²) < 4.78 is 275. The first-order valence-electron chi connectivity index (χ1n) is 8.55. The maximum Gasteiger partial charge on any atom is 0.460 e. The highest BCUT2D eigenvalue weighted by Crippen LogP contribution is 2.61. The fourth-order valence-electron chi connectivity index (χ4n) is 2.10. The van der Waals surface area contributed by atoms with E-state index < -0.39 is 91.1 Å². The Labute approximate surface area is 189 Å². The Morgan fingerprint density at radius 3 is 1.00 bits per heavy atom. The van der Waals surface area contributed by atoms with Gasteiger partial charge in [-0.1, -0.05) is 0 Å². The molecule has 0 radical (unpaired) electrons. The van der Waals surface area contributed by atoms with Crippen LogP contribution in [0, 0.1) is 0 Å². The second-order valence-electron chi connectivity index (χ2n) is 7.05. The van der Waals surface area contributed by atoms with Crippen LogP contribution in [-0.4, -0.2) is 71.2 Å². The molecule has 37 heavy (non-hydrogen) atoms. The van der Waals surface area contributed by atoms with E-state index in [-0.39, 0.29) is 0 Å². The van der Waals surface area contributed by atoms with E-state index >= 15 is 0 Å². The van der Waals surface area contributed by atoms with Crippen molar-refractivity contribution in [1.29, 1.82) is 0 Å². The van der Waals surface area contributed by atoms with Gasteiger partial charge in [0, 0.05) is 13.0 Å². The average Bonchev–Trinajstić information content (AvgIpc) is 2.69. The second kappa shape index (κ2) is 9.45. The minimum atomic E-state index is -8.38. The number of allylic oxidation sites excluding steroid dienone is 2. The van der Waals surface area contributed by atoms with Gasteiger partial charge in [-0.15, -0.1) is 0 Å². The van der Waals surface area contributed by atoms with E-state index in [0.29, 0.717) is 0 Å². The molecule has 0 atom stereocenters. The van der Waals surface area contributed by atoms with Crippen LogP contribution in [0.15, 0.2) is 12.2 Å². The summed E-state index contributed by atoms with van der Waals surface area (Å²) in [5.74, 6) is -69.3. The SMILES string of the molecule is OCCCC(F)(F)C(F)(F)C(F)(F)C(F)(F)C(F)(F)C(F)(F)C=CC(F)(F)C(F)(F)C(F)(F)C(F)(F)F. The normalized spacial score (nSPS) is 16.6. The second-order valence-corrected chi connectivity index (χ2v) is 7.05. The lowest BCUT2D eigenvalue weighted by molar-refractivity contribution is -0.420. The summed E-state index contributed by atoms with van der Waals surface area (Å²) in [5.41, 5.74) is 0. The van der Waals surface area contributed by atoms with Gasteiger partial charge in [0.2, 0.25) is 0 Å². The molecule has 0 fully saturated rings. The van der Waals surface area contributed by atoms with E-state index in [1.54, 1.807) is 0 Å². The topological polar surface area (TPSA) is 20.2 Å². The van der Waals surface area contributed by atoms with Crippen LogP contribution in [0.3, 0.4) is 0 Å². The summed E-state index contributed by atoms with van der Waals surface area (Å²) in [6.45, 7) is -1.50. The molecule has 0 aliphatic carbocycles. The summed E-state index contributed by atoms with van der Waals surface area (Å²) in [4.78, 5) is 0. The van der Waals surface area contributed by atoms with Gasteiger partial charge < -0.3 is 5.11 Å². The fourth-order valence-corrected chi connectivity index (χ4v) is 2.10. The molecule has 0 heterocycles. The molecule has 0 aliphatic rings.